The summed E-state index contributed by atoms with van der Waals surface area (Å²) in [7, 11) is 1.71. The van der Waals surface area contributed by atoms with Crippen LogP contribution < -0.4 is 9.64 Å². The number of ether oxygens (including phenoxy) is 1. The average molecular weight is 392 g/mol. The monoisotopic (exact) mass is 391 g/mol. The van der Waals surface area contributed by atoms with Gasteiger partial charge in [-0.3, -0.25) is 4.90 Å². The Kier molecular flexibility index (Phi) is 6.14. The van der Waals surface area contributed by atoms with E-state index >= 15 is 0 Å². The highest BCUT2D eigenvalue weighted by Crippen LogP contribution is 2.33. The number of aromatic nitrogens is 1. The molecule has 3 aromatic rings. The molecule has 0 N–H and O–H groups in total. The topological polar surface area (TPSA) is 28.6 Å². The summed E-state index contributed by atoms with van der Waals surface area (Å²) >= 11 is 1.80. The number of nitrogens with zero attached hydrogens (tertiary/aromatic N) is 3. The maximum atomic E-state index is 5.36. The highest BCUT2D eigenvalue weighted by Gasteiger charge is 2.19. The molecule has 1 aliphatic rings. The van der Waals surface area contributed by atoms with Gasteiger partial charge in [0.1, 0.15) is 11.6 Å². The predicted molar refractivity (Wildman–Crippen MR) is 115 cm³/mol. The molecule has 0 amide bonds. The number of hydrogen-bond acceptors (Lipinski definition) is 5. The Labute approximate surface area is 171 Å². The second-order valence-corrected chi connectivity index (χ2v) is 7.96. The summed E-state index contributed by atoms with van der Waals surface area (Å²) < 4.78 is 5.36. The van der Waals surface area contributed by atoms with Gasteiger partial charge in [-0.15, -0.1) is 0 Å². The Morgan fingerprint density at radius 3 is 2.54 bits per heavy atom. The number of rotatable bonds is 6. The first-order valence-corrected chi connectivity index (χ1v) is 10.4. The van der Waals surface area contributed by atoms with Crippen LogP contribution >= 0.6 is 11.8 Å². The van der Waals surface area contributed by atoms with Crippen molar-refractivity contribution in [3.8, 4) is 5.75 Å². The van der Waals surface area contributed by atoms with E-state index in [2.05, 4.69) is 63.3 Å². The summed E-state index contributed by atoms with van der Waals surface area (Å²) in [6.07, 6.45) is 1.87. The van der Waals surface area contributed by atoms with Crippen molar-refractivity contribution in [3.05, 3.63) is 78.5 Å². The Balaban J connectivity index is 1.40. The molecule has 0 radical (unpaired) electrons. The minimum Gasteiger partial charge on any atom is -0.497 e. The predicted octanol–water partition coefficient (Wildman–Crippen LogP) is 4.56. The first kappa shape index (κ1) is 18.8. The average Bonchev–Trinajstić information content (AvgIpc) is 2.76. The molecule has 4 rings (SSSR count). The van der Waals surface area contributed by atoms with Crippen LogP contribution in [-0.2, 0) is 6.54 Å². The normalized spacial score (nSPS) is 14.8. The molecule has 1 aromatic heterocycles. The van der Waals surface area contributed by atoms with Gasteiger partial charge in [0.05, 0.1) is 7.11 Å². The zero-order valence-electron chi connectivity index (χ0n) is 16.1. The highest BCUT2D eigenvalue weighted by molar-refractivity contribution is 7.99. The van der Waals surface area contributed by atoms with Crippen LogP contribution in [-0.4, -0.2) is 43.2 Å². The summed E-state index contributed by atoms with van der Waals surface area (Å²) in [5.74, 6) is 1.98. The van der Waals surface area contributed by atoms with Gasteiger partial charge in [0, 0.05) is 48.7 Å². The number of hydrogen-bond donors (Lipinski definition) is 0. The van der Waals surface area contributed by atoms with Crippen molar-refractivity contribution in [1.29, 1.82) is 0 Å². The van der Waals surface area contributed by atoms with Crippen molar-refractivity contribution < 1.29 is 4.74 Å². The number of anilines is 1. The zero-order chi connectivity index (χ0) is 19.2. The molecular formula is C23H25N3OS. The highest BCUT2D eigenvalue weighted by atomic mass is 32.2. The fourth-order valence-electron chi connectivity index (χ4n) is 3.44. The standard InChI is InChI=1S/C23H25N3OS/c1-27-20-8-6-9-21(17-20)28-22-10-3-2-7-19(22)18-25-13-15-26(16-14-25)23-11-4-5-12-24-23/h2-12,17H,13-16,18H2,1H3. The van der Waals surface area contributed by atoms with Crippen molar-refractivity contribution >= 4 is 17.6 Å². The lowest BCUT2D eigenvalue weighted by Gasteiger charge is -2.35. The van der Waals surface area contributed by atoms with E-state index in [0.717, 1.165) is 44.3 Å². The molecule has 5 heteroatoms. The minimum atomic E-state index is 0.896. The van der Waals surface area contributed by atoms with E-state index in [1.165, 1.54) is 15.4 Å². The lowest BCUT2D eigenvalue weighted by molar-refractivity contribution is 0.247. The van der Waals surface area contributed by atoms with E-state index in [1.54, 1.807) is 18.9 Å². The van der Waals surface area contributed by atoms with Crippen molar-refractivity contribution in [2.45, 2.75) is 16.3 Å². The third-order valence-electron chi connectivity index (χ3n) is 4.98. The number of pyridine rings is 1. The van der Waals surface area contributed by atoms with E-state index < -0.39 is 0 Å². The lowest BCUT2D eigenvalue weighted by atomic mass is 10.2. The van der Waals surface area contributed by atoms with Gasteiger partial charge in [-0.1, -0.05) is 42.1 Å². The quantitative estimate of drug-likeness (QED) is 0.614. The van der Waals surface area contributed by atoms with Crippen molar-refractivity contribution in [2.75, 3.05) is 38.2 Å². The molecule has 0 atom stereocenters. The Hall–Kier alpha value is -2.50. The summed E-state index contributed by atoms with van der Waals surface area (Å²) in [6.45, 7) is 5.11. The second-order valence-electron chi connectivity index (χ2n) is 6.84. The zero-order valence-corrected chi connectivity index (χ0v) is 16.9. The fourth-order valence-corrected chi connectivity index (χ4v) is 4.43. The van der Waals surface area contributed by atoms with E-state index in [0.29, 0.717) is 0 Å². The Morgan fingerprint density at radius 1 is 0.929 bits per heavy atom. The Morgan fingerprint density at radius 2 is 1.75 bits per heavy atom. The van der Waals surface area contributed by atoms with Crippen LogP contribution in [0.4, 0.5) is 5.82 Å². The first-order valence-electron chi connectivity index (χ1n) is 9.60. The molecule has 144 valence electrons. The molecule has 1 aliphatic heterocycles. The van der Waals surface area contributed by atoms with Gasteiger partial charge < -0.3 is 9.64 Å². The third-order valence-corrected chi connectivity index (χ3v) is 6.09. The molecule has 4 nitrogen and oxygen atoms in total. The molecule has 1 fully saturated rings. The maximum Gasteiger partial charge on any atom is 0.128 e. The van der Waals surface area contributed by atoms with E-state index in [1.807, 2.05) is 24.4 Å². The van der Waals surface area contributed by atoms with Gasteiger partial charge in [0.2, 0.25) is 0 Å². The van der Waals surface area contributed by atoms with Gasteiger partial charge in [0.25, 0.3) is 0 Å². The van der Waals surface area contributed by atoms with Gasteiger partial charge in [-0.25, -0.2) is 4.98 Å². The third kappa shape index (κ3) is 4.66. The largest absolute Gasteiger partial charge is 0.497 e. The molecule has 0 saturated carbocycles. The molecule has 2 aromatic carbocycles. The first-order chi connectivity index (χ1) is 13.8. The van der Waals surface area contributed by atoms with Crippen molar-refractivity contribution in [2.24, 2.45) is 0 Å². The van der Waals surface area contributed by atoms with Gasteiger partial charge >= 0.3 is 0 Å². The van der Waals surface area contributed by atoms with Crippen LogP contribution in [0.25, 0.3) is 0 Å². The minimum absolute atomic E-state index is 0.896. The van der Waals surface area contributed by atoms with E-state index in [4.69, 9.17) is 4.74 Å². The molecule has 2 heterocycles. The molecule has 28 heavy (non-hydrogen) atoms. The molecule has 0 aliphatic carbocycles. The van der Waals surface area contributed by atoms with Crippen LogP contribution in [0.15, 0.2) is 82.7 Å². The van der Waals surface area contributed by atoms with Crippen LogP contribution in [0.5, 0.6) is 5.75 Å². The fraction of sp³-hybridized carbons (Fsp3) is 0.261. The van der Waals surface area contributed by atoms with Gasteiger partial charge in [0.15, 0.2) is 0 Å². The van der Waals surface area contributed by atoms with E-state index in [9.17, 15) is 0 Å². The molecule has 1 saturated heterocycles. The number of piperazine rings is 1. The summed E-state index contributed by atoms with van der Waals surface area (Å²) in [5.41, 5.74) is 1.38. The van der Waals surface area contributed by atoms with Gasteiger partial charge in [-0.05, 0) is 42.0 Å². The molecule has 0 unspecified atom stereocenters. The molecule has 0 spiro atoms. The maximum absolute atomic E-state index is 5.36. The number of benzene rings is 2. The van der Waals surface area contributed by atoms with Crippen LogP contribution in [0, 0.1) is 0 Å². The summed E-state index contributed by atoms with van der Waals surface area (Å²) in [6, 6.07) is 23.1. The van der Waals surface area contributed by atoms with Crippen LogP contribution in [0.1, 0.15) is 5.56 Å². The summed E-state index contributed by atoms with van der Waals surface area (Å²) in [4.78, 5) is 11.9. The molecular weight excluding hydrogens is 366 g/mol. The van der Waals surface area contributed by atoms with E-state index in [-0.39, 0.29) is 0 Å². The second kappa shape index (κ2) is 9.13. The SMILES string of the molecule is COc1cccc(Sc2ccccc2CN2CCN(c3ccccn3)CC2)c1. The Bertz CT molecular complexity index is 895. The van der Waals surface area contributed by atoms with Gasteiger partial charge in [-0.2, -0.15) is 0 Å². The summed E-state index contributed by atoms with van der Waals surface area (Å²) in [5, 5.41) is 0. The smallest absolute Gasteiger partial charge is 0.128 e. The van der Waals surface area contributed by atoms with Crippen LogP contribution in [0.3, 0.4) is 0 Å². The lowest BCUT2D eigenvalue weighted by Crippen LogP contribution is -2.46. The van der Waals surface area contributed by atoms with Crippen molar-refractivity contribution in [1.82, 2.24) is 9.88 Å². The molecule has 0 bridgehead atoms. The number of methoxy groups -OCH3 is 1. The van der Waals surface area contributed by atoms with Crippen LogP contribution in [0.2, 0.25) is 0 Å². The van der Waals surface area contributed by atoms with Crippen molar-refractivity contribution in [3.63, 3.8) is 0 Å².